The summed E-state index contributed by atoms with van der Waals surface area (Å²) in [7, 11) is 1.80. The predicted molar refractivity (Wildman–Crippen MR) is 85.5 cm³/mol. The third-order valence-electron chi connectivity index (χ3n) is 3.56. The molecule has 0 unspecified atom stereocenters. The van der Waals surface area contributed by atoms with Crippen LogP contribution in [0.4, 0.5) is 5.69 Å². The van der Waals surface area contributed by atoms with Gasteiger partial charge in [-0.2, -0.15) is 0 Å². The van der Waals surface area contributed by atoms with Crippen LogP contribution in [0.1, 0.15) is 36.5 Å². The number of unbranched alkanes of at least 4 members (excludes halogenated alkanes) is 2. The van der Waals surface area contributed by atoms with Crippen LogP contribution in [-0.4, -0.2) is 17.0 Å². The van der Waals surface area contributed by atoms with Gasteiger partial charge in [0.05, 0.1) is 10.9 Å². The second kappa shape index (κ2) is 6.43. The van der Waals surface area contributed by atoms with Crippen LogP contribution in [0, 0.1) is 0 Å². The molecule has 5 heteroatoms. The first kappa shape index (κ1) is 15.1. The molecule has 0 aliphatic rings. The maximum Gasteiger partial charge on any atom is 0.256 e. The Bertz CT molecular complexity index is 719. The van der Waals surface area contributed by atoms with E-state index in [9.17, 15) is 9.59 Å². The number of hydrogen-bond donors (Lipinski definition) is 2. The Labute approximate surface area is 123 Å². The van der Waals surface area contributed by atoms with Gasteiger partial charge in [0.15, 0.2) is 0 Å². The average molecular weight is 287 g/mol. The molecular formula is C16H21N3O2. The first-order chi connectivity index (χ1) is 10.1. The van der Waals surface area contributed by atoms with Gasteiger partial charge in [0.1, 0.15) is 5.56 Å². The van der Waals surface area contributed by atoms with Gasteiger partial charge in [-0.15, -0.1) is 0 Å². The van der Waals surface area contributed by atoms with E-state index in [2.05, 4.69) is 12.2 Å². The molecule has 1 aromatic carbocycles. The fraction of sp³-hybridized carbons (Fsp3) is 0.375. The van der Waals surface area contributed by atoms with Crippen molar-refractivity contribution in [3.05, 3.63) is 40.2 Å². The lowest BCUT2D eigenvalue weighted by Gasteiger charge is -2.10. The molecule has 0 radical (unpaired) electrons. The van der Waals surface area contributed by atoms with E-state index in [1.807, 2.05) is 6.07 Å². The Morgan fingerprint density at radius 2 is 2.10 bits per heavy atom. The molecule has 1 amide bonds. The largest absolute Gasteiger partial charge is 0.398 e. The second-order valence-electron chi connectivity index (χ2n) is 5.19. The number of aryl methyl sites for hydroxylation is 1. The Morgan fingerprint density at radius 1 is 1.33 bits per heavy atom. The van der Waals surface area contributed by atoms with Crippen molar-refractivity contribution in [2.75, 3.05) is 12.3 Å². The molecule has 112 valence electrons. The van der Waals surface area contributed by atoms with Gasteiger partial charge < -0.3 is 15.6 Å². The molecule has 1 aromatic heterocycles. The fourth-order valence-electron chi connectivity index (χ4n) is 2.39. The van der Waals surface area contributed by atoms with E-state index in [1.165, 1.54) is 0 Å². The zero-order valence-corrected chi connectivity index (χ0v) is 12.5. The van der Waals surface area contributed by atoms with Crippen molar-refractivity contribution in [3.63, 3.8) is 0 Å². The number of nitrogens with one attached hydrogen (secondary N) is 1. The number of pyridine rings is 1. The summed E-state index contributed by atoms with van der Waals surface area (Å²) < 4.78 is 1.76. The third-order valence-corrected chi connectivity index (χ3v) is 3.56. The van der Waals surface area contributed by atoms with E-state index in [0.29, 0.717) is 17.6 Å². The maximum atomic E-state index is 12.5. The molecule has 1 heterocycles. The standard InChI is InChI=1S/C16H21N3O2/c1-3-4-5-9-18-16(21)11-10-19(2)13-8-6-7-12(17)14(13)15(11)20/h6-8,10H,3-5,9,17H2,1-2H3,(H,18,21). The average Bonchev–Trinajstić information content (AvgIpc) is 2.47. The van der Waals surface area contributed by atoms with Crippen molar-refractivity contribution >= 4 is 22.5 Å². The van der Waals surface area contributed by atoms with Crippen molar-refractivity contribution in [2.24, 2.45) is 7.05 Å². The molecule has 0 atom stereocenters. The molecule has 2 rings (SSSR count). The first-order valence-electron chi connectivity index (χ1n) is 7.22. The highest BCUT2D eigenvalue weighted by atomic mass is 16.2. The molecular weight excluding hydrogens is 266 g/mol. The van der Waals surface area contributed by atoms with Crippen LogP contribution >= 0.6 is 0 Å². The van der Waals surface area contributed by atoms with Crippen molar-refractivity contribution in [1.29, 1.82) is 0 Å². The number of fused-ring (bicyclic) bond motifs is 1. The fourth-order valence-corrected chi connectivity index (χ4v) is 2.39. The SMILES string of the molecule is CCCCCNC(=O)c1cn(C)c2cccc(N)c2c1=O. The number of carbonyl (C=O) groups is 1. The molecule has 5 nitrogen and oxygen atoms in total. The lowest BCUT2D eigenvalue weighted by Crippen LogP contribution is -2.30. The molecule has 21 heavy (non-hydrogen) atoms. The summed E-state index contributed by atoms with van der Waals surface area (Å²) in [6.07, 6.45) is 4.63. The number of aromatic nitrogens is 1. The van der Waals surface area contributed by atoms with Crippen LogP contribution < -0.4 is 16.5 Å². The Balaban J connectivity index is 2.37. The predicted octanol–water partition coefficient (Wildman–Crippen LogP) is 2.04. The number of benzene rings is 1. The minimum Gasteiger partial charge on any atom is -0.398 e. The second-order valence-corrected chi connectivity index (χ2v) is 5.19. The molecule has 0 aliphatic heterocycles. The minimum absolute atomic E-state index is 0.138. The van der Waals surface area contributed by atoms with E-state index in [1.54, 1.807) is 29.9 Å². The molecule has 0 fully saturated rings. The summed E-state index contributed by atoms with van der Waals surface area (Å²) in [5, 5.41) is 3.20. The zero-order valence-electron chi connectivity index (χ0n) is 12.5. The highest BCUT2D eigenvalue weighted by Crippen LogP contribution is 2.17. The monoisotopic (exact) mass is 287 g/mol. The summed E-state index contributed by atoms with van der Waals surface area (Å²) in [6.45, 7) is 2.68. The molecule has 3 N–H and O–H groups in total. The van der Waals surface area contributed by atoms with Gasteiger partial charge in [-0.3, -0.25) is 9.59 Å². The summed E-state index contributed by atoms with van der Waals surface area (Å²) in [4.78, 5) is 24.6. The number of hydrogen-bond acceptors (Lipinski definition) is 3. The molecule has 0 aliphatic carbocycles. The van der Waals surface area contributed by atoms with E-state index in [0.717, 1.165) is 24.8 Å². The highest BCUT2D eigenvalue weighted by molar-refractivity contribution is 6.00. The minimum atomic E-state index is -0.336. The lowest BCUT2D eigenvalue weighted by atomic mass is 10.1. The molecule has 0 spiro atoms. The normalized spacial score (nSPS) is 10.8. The van der Waals surface area contributed by atoms with Gasteiger partial charge >= 0.3 is 0 Å². The van der Waals surface area contributed by atoms with Gasteiger partial charge in [0.2, 0.25) is 5.43 Å². The van der Waals surface area contributed by atoms with E-state index < -0.39 is 0 Å². The summed E-state index contributed by atoms with van der Waals surface area (Å²) in [5.41, 5.74) is 6.84. The third kappa shape index (κ3) is 3.07. The number of anilines is 1. The van der Waals surface area contributed by atoms with E-state index in [-0.39, 0.29) is 16.9 Å². The highest BCUT2D eigenvalue weighted by Gasteiger charge is 2.15. The van der Waals surface area contributed by atoms with Crippen LogP contribution in [0.15, 0.2) is 29.2 Å². The Kier molecular flexibility index (Phi) is 4.62. The summed E-state index contributed by atoms with van der Waals surface area (Å²) in [5.74, 6) is -0.336. The van der Waals surface area contributed by atoms with Crippen LogP contribution in [0.5, 0.6) is 0 Å². The van der Waals surface area contributed by atoms with Crippen LogP contribution in [-0.2, 0) is 7.05 Å². The smallest absolute Gasteiger partial charge is 0.256 e. The first-order valence-corrected chi connectivity index (χ1v) is 7.22. The Morgan fingerprint density at radius 3 is 2.81 bits per heavy atom. The zero-order chi connectivity index (χ0) is 15.4. The maximum absolute atomic E-state index is 12.5. The lowest BCUT2D eigenvalue weighted by molar-refractivity contribution is 0.0951. The van der Waals surface area contributed by atoms with Crippen LogP contribution in [0.25, 0.3) is 10.9 Å². The number of amides is 1. The van der Waals surface area contributed by atoms with Gasteiger partial charge in [0.25, 0.3) is 5.91 Å². The van der Waals surface area contributed by atoms with Gasteiger partial charge in [-0.05, 0) is 18.6 Å². The number of nitrogen functional groups attached to an aromatic ring is 1. The van der Waals surface area contributed by atoms with Crippen LogP contribution in [0.3, 0.4) is 0 Å². The van der Waals surface area contributed by atoms with E-state index in [4.69, 9.17) is 5.73 Å². The van der Waals surface area contributed by atoms with Crippen molar-refractivity contribution < 1.29 is 4.79 Å². The Hall–Kier alpha value is -2.30. The summed E-state index contributed by atoms with van der Waals surface area (Å²) >= 11 is 0. The summed E-state index contributed by atoms with van der Waals surface area (Å²) in [6, 6.07) is 5.28. The number of carbonyl (C=O) groups excluding carboxylic acids is 1. The van der Waals surface area contributed by atoms with Crippen LogP contribution in [0.2, 0.25) is 0 Å². The number of nitrogens with two attached hydrogens (primary N) is 1. The molecule has 0 bridgehead atoms. The molecule has 0 saturated carbocycles. The number of nitrogens with zero attached hydrogens (tertiary/aromatic N) is 1. The van der Waals surface area contributed by atoms with Crippen molar-refractivity contribution in [2.45, 2.75) is 26.2 Å². The number of rotatable bonds is 5. The molecule has 0 saturated heterocycles. The van der Waals surface area contributed by atoms with Gasteiger partial charge in [-0.25, -0.2) is 0 Å². The topological polar surface area (TPSA) is 77.1 Å². The van der Waals surface area contributed by atoms with Gasteiger partial charge in [-0.1, -0.05) is 25.8 Å². The van der Waals surface area contributed by atoms with Gasteiger partial charge in [0, 0.05) is 25.5 Å². The molecule has 2 aromatic rings. The van der Waals surface area contributed by atoms with Crippen molar-refractivity contribution in [1.82, 2.24) is 9.88 Å². The van der Waals surface area contributed by atoms with E-state index >= 15 is 0 Å². The van der Waals surface area contributed by atoms with Crippen molar-refractivity contribution in [3.8, 4) is 0 Å². The quantitative estimate of drug-likeness (QED) is 0.652.